The molecule has 0 aliphatic rings. The summed E-state index contributed by atoms with van der Waals surface area (Å²) in [5.41, 5.74) is 0. The second kappa shape index (κ2) is 5.05. The standard InChI is InChI=1S/C2F3.Cu/c3-1-2(4)5;/q-1;+1. The van der Waals surface area contributed by atoms with Gasteiger partial charge in [-0.1, -0.05) is 0 Å². The van der Waals surface area contributed by atoms with E-state index < -0.39 is 6.08 Å². The Morgan fingerprint density at radius 3 is 1.50 bits per heavy atom. The van der Waals surface area contributed by atoms with Crippen LogP contribution in [0.1, 0.15) is 0 Å². The first-order valence-electron chi connectivity index (χ1n) is 0.817. The van der Waals surface area contributed by atoms with Crippen LogP contribution in [-0.4, -0.2) is 0 Å². The number of hydrogen-bond donors (Lipinski definition) is 0. The average Bonchev–Trinajstić information content (AvgIpc) is 1.38. The molecule has 0 fully saturated rings. The van der Waals surface area contributed by atoms with E-state index in [1.807, 2.05) is 0 Å². The predicted octanol–water partition coefficient (Wildman–Crippen LogP) is 1.49. The van der Waals surface area contributed by atoms with Gasteiger partial charge < -0.3 is 4.39 Å². The van der Waals surface area contributed by atoms with Gasteiger partial charge in [0.2, 0.25) is 0 Å². The van der Waals surface area contributed by atoms with E-state index in [2.05, 4.69) is 0 Å². The third-order valence-electron chi connectivity index (χ3n) is 0.0714. The van der Waals surface area contributed by atoms with Crippen LogP contribution < -0.4 is 0 Å². The monoisotopic (exact) mass is 144 g/mol. The molecule has 0 bridgehead atoms. The van der Waals surface area contributed by atoms with Crippen molar-refractivity contribution in [2.75, 3.05) is 0 Å². The molecule has 0 rings (SSSR count). The number of rotatable bonds is 0. The van der Waals surface area contributed by atoms with E-state index >= 15 is 0 Å². The molecule has 0 radical (unpaired) electrons. The summed E-state index contributed by atoms with van der Waals surface area (Å²) in [4.78, 5) is 0. The predicted molar refractivity (Wildman–Crippen MR) is 10.1 cm³/mol. The van der Waals surface area contributed by atoms with E-state index in [4.69, 9.17) is 0 Å². The molecule has 0 spiro atoms. The first-order chi connectivity index (χ1) is 2.27. The van der Waals surface area contributed by atoms with Gasteiger partial charge in [-0.2, -0.15) is 0 Å². The summed E-state index contributed by atoms with van der Waals surface area (Å²) in [5, 5.41) is 0. The Hall–Kier alpha value is 0.0495. The molecule has 0 amide bonds. The van der Waals surface area contributed by atoms with Crippen molar-refractivity contribution in [3.63, 3.8) is 0 Å². The largest absolute Gasteiger partial charge is 1.00 e. The molecule has 0 aromatic heterocycles. The quantitative estimate of drug-likeness (QED) is 0.357. The van der Waals surface area contributed by atoms with Gasteiger partial charge in [-0.3, -0.25) is 0 Å². The minimum atomic E-state index is -2.41. The Kier molecular flexibility index (Phi) is 7.92. The Morgan fingerprint density at radius 1 is 1.33 bits per heavy atom. The fraction of sp³-hybridized carbons (Fsp3) is 0. The summed E-state index contributed by atoms with van der Waals surface area (Å²) in [6.45, 7) is 0. The molecule has 0 aliphatic carbocycles. The summed E-state index contributed by atoms with van der Waals surface area (Å²) in [6, 6.07) is 0. The smallest absolute Gasteiger partial charge is 0.453 e. The maximum absolute atomic E-state index is 10.2. The summed E-state index contributed by atoms with van der Waals surface area (Å²) in [6.07, 6.45) is -2.30. The van der Waals surface area contributed by atoms with Crippen molar-refractivity contribution in [1.82, 2.24) is 0 Å². The van der Waals surface area contributed by atoms with Gasteiger partial charge in [-0.05, 0) is 0 Å². The molecule has 0 nitrogen and oxygen atoms in total. The third-order valence-corrected chi connectivity index (χ3v) is 0.0714. The van der Waals surface area contributed by atoms with Gasteiger partial charge in [0.15, 0.2) is 0 Å². The first kappa shape index (κ1) is 9.41. The van der Waals surface area contributed by atoms with E-state index in [0.717, 1.165) is 0 Å². The molecule has 4 heteroatoms. The van der Waals surface area contributed by atoms with Gasteiger partial charge in [0.25, 0.3) is 0 Å². The molecule has 0 aromatic carbocycles. The normalized spacial score (nSPS) is 5.83. The zero-order valence-corrected chi connectivity index (χ0v) is 3.38. The molecule has 0 N–H and O–H groups in total. The van der Waals surface area contributed by atoms with E-state index in [0.29, 0.717) is 0 Å². The maximum atomic E-state index is 10.2. The summed E-state index contributed by atoms with van der Waals surface area (Å²) in [5.74, 6) is 0. The van der Waals surface area contributed by atoms with Crippen LogP contribution in [0.4, 0.5) is 13.2 Å². The minimum Gasteiger partial charge on any atom is -0.453 e. The van der Waals surface area contributed by atoms with Crippen molar-refractivity contribution in [3.05, 3.63) is 12.4 Å². The van der Waals surface area contributed by atoms with Crippen molar-refractivity contribution in [1.29, 1.82) is 0 Å². The van der Waals surface area contributed by atoms with Crippen molar-refractivity contribution in [3.8, 4) is 0 Å². The molecule has 0 atom stereocenters. The zero-order chi connectivity index (χ0) is 4.28. The molecule has 0 heterocycles. The van der Waals surface area contributed by atoms with Crippen LogP contribution in [0.3, 0.4) is 0 Å². The van der Waals surface area contributed by atoms with E-state index in [-0.39, 0.29) is 23.4 Å². The maximum Gasteiger partial charge on any atom is 1.00 e. The van der Waals surface area contributed by atoms with Crippen molar-refractivity contribution < 1.29 is 30.2 Å². The van der Waals surface area contributed by atoms with Crippen LogP contribution in [0.15, 0.2) is 6.08 Å². The Bertz CT molecular complexity index is 46.8. The van der Waals surface area contributed by atoms with Gasteiger partial charge in [-0.15, -0.1) is 0 Å². The Balaban J connectivity index is 0. The van der Waals surface area contributed by atoms with Gasteiger partial charge in [0.1, 0.15) is 6.08 Å². The Labute approximate surface area is 43.5 Å². The first-order valence-corrected chi connectivity index (χ1v) is 0.817. The molecule has 40 valence electrons. The van der Waals surface area contributed by atoms with E-state index in [1.54, 1.807) is 0 Å². The van der Waals surface area contributed by atoms with Gasteiger partial charge >= 0.3 is 17.1 Å². The molecule has 0 unspecified atom stereocenters. The fourth-order valence-electron chi connectivity index (χ4n) is 0. The van der Waals surface area contributed by atoms with Gasteiger partial charge in [0, 0.05) is 0 Å². The fourth-order valence-corrected chi connectivity index (χ4v) is 0. The third kappa shape index (κ3) is 8.97. The van der Waals surface area contributed by atoms with E-state index in [1.165, 1.54) is 0 Å². The summed E-state index contributed by atoms with van der Waals surface area (Å²) >= 11 is 0. The van der Waals surface area contributed by atoms with Crippen LogP contribution in [0, 0.1) is 6.33 Å². The Morgan fingerprint density at radius 2 is 1.50 bits per heavy atom. The molecule has 0 saturated heterocycles. The van der Waals surface area contributed by atoms with Crippen LogP contribution >= 0.6 is 0 Å². The van der Waals surface area contributed by atoms with Crippen LogP contribution in [0.2, 0.25) is 0 Å². The molecule has 6 heavy (non-hydrogen) atoms. The topological polar surface area (TPSA) is 0 Å². The van der Waals surface area contributed by atoms with Crippen molar-refractivity contribution >= 4 is 0 Å². The minimum absolute atomic E-state index is 0. The summed E-state index contributed by atoms with van der Waals surface area (Å²) < 4.78 is 30.5. The number of hydrogen-bond acceptors (Lipinski definition) is 0. The summed E-state index contributed by atoms with van der Waals surface area (Å²) in [7, 11) is 0. The molecule has 0 aliphatic heterocycles. The molecule has 0 saturated carbocycles. The van der Waals surface area contributed by atoms with Crippen molar-refractivity contribution in [2.24, 2.45) is 0 Å². The van der Waals surface area contributed by atoms with E-state index in [9.17, 15) is 13.2 Å². The molecular weight excluding hydrogens is 145 g/mol. The molecule has 0 aromatic rings. The zero-order valence-electron chi connectivity index (χ0n) is 2.44. The second-order valence-electron chi connectivity index (χ2n) is 0.355. The SMILES string of the molecule is F[C-]=C(F)F.[Cu+]. The van der Waals surface area contributed by atoms with Crippen LogP contribution in [-0.2, 0) is 17.1 Å². The number of halogens is 3. The second-order valence-corrected chi connectivity index (χ2v) is 0.355. The van der Waals surface area contributed by atoms with Crippen LogP contribution in [0.25, 0.3) is 0 Å². The van der Waals surface area contributed by atoms with Gasteiger partial charge in [-0.25, -0.2) is 15.1 Å². The molecular formula is C2CuF3. The van der Waals surface area contributed by atoms with Gasteiger partial charge in [0.05, 0.1) is 0 Å². The average molecular weight is 145 g/mol. The van der Waals surface area contributed by atoms with Crippen LogP contribution in [0.5, 0.6) is 0 Å². The van der Waals surface area contributed by atoms with Crippen molar-refractivity contribution in [2.45, 2.75) is 0 Å².